The van der Waals surface area contributed by atoms with E-state index in [9.17, 15) is 4.79 Å². The summed E-state index contributed by atoms with van der Waals surface area (Å²) in [5.41, 5.74) is 5.22. The van der Waals surface area contributed by atoms with Crippen LogP contribution in [0.15, 0.2) is 0 Å². The summed E-state index contributed by atoms with van der Waals surface area (Å²) in [6.07, 6.45) is 2.80. The van der Waals surface area contributed by atoms with E-state index in [1.165, 1.54) is 0 Å². The van der Waals surface area contributed by atoms with Gasteiger partial charge in [-0.15, -0.1) is 12.4 Å². The second kappa shape index (κ2) is 7.12. The van der Waals surface area contributed by atoms with Gasteiger partial charge in [-0.05, 0) is 12.8 Å². The highest BCUT2D eigenvalue weighted by molar-refractivity contribution is 5.85. The summed E-state index contributed by atoms with van der Waals surface area (Å²) in [5.74, 6) is 0.0213. The van der Waals surface area contributed by atoms with Gasteiger partial charge in [0.05, 0.1) is 6.10 Å². The molecule has 13 heavy (non-hydrogen) atoms. The molecule has 1 rings (SSSR count). The maximum absolute atomic E-state index is 11.0. The maximum atomic E-state index is 11.0. The highest BCUT2D eigenvalue weighted by Crippen LogP contribution is 2.10. The lowest BCUT2D eigenvalue weighted by atomic mass is 10.2. The third-order valence-electron chi connectivity index (χ3n) is 1.92. The second-order valence-electron chi connectivity index (χ2n) is 2.98. The summed E-state index contributed by atoms with van der Waals surface area (Å²) in [6, 6.07) is 0. The van der Waals surface area contributed by atoms with Gasteiger partial charge in [-0.1, -0.05) is 0 Å². The van der Waals surface area contributed by atoms with Crippen molar-refractivity contribution in [2.45, 2.75) is 25.4 Å². The average molecular weight is 209 g/mol. The van der Waals surface area contributed by atoms with Gasteiger partial charge in [-0.3, -0.25) is 4.79 Å². The molecule has 1 unspecified atom stereocenters. The lowest BCUT2D eigenvalue weighted by Gasteiger charge is -2.09. The van der Waals surface area contributed by atoms with Crippen LogP contribution in [0.4, 0.5) is 0 Å². The normalized spacial score (nSPS) is 20.8. The van der Waals surface area contributed by atoms with E-state index in [0.717, 1.165) is 19.4 Å². The van der Waals surface area contributed by atoms with Crippen molar-refractivity contribution in [3.8, 4) is 0 Å². The van der Waals surface area contributed by atoms with Gasteiger partial charge in [-0.2, -0.15) is 0 Å². The van der Waals surface area contributed by atoms with Crippen LogP contribution < -0.4 is 11.1 Å². The first-order chi connectivity index (χ1) is 5.83. The number of amides is 1. The Balaban J connectivity index is 0.00000144. The van der Waals surface area contributed by atoms with Crippen LogP contribution in [0.1, 0.15) is 19.3 Å². The number of carbonyl (C=O) groups is 1. The van der Waals surface area contributed by atoms with Crippen LogP contribution in [0.3, 0.4) is 0 Å². The second-order valence-corrected chi connectivity index (χ2v) is 2.98. The molecular formula is C8H17ClN2O2. The molecule has 78 valence electrons. The monoisotopic (exact) mass is 208 g/mol. The summed E-state index contributed by atoms with van der Waals surface area (Å²) in [5, 5.41) is 2.78. The summed E-state index contributed by atoms with van der Waals surface area (Å²) in [6.45, 7) is 1.88. The minimum absolute atomic E-state index is 0. The molecule has 0 aromatic heterocycles. The molecule has 0 aliphatic carbocycles. The van der Waals surface area contributed by atoms with Gasteiger partial charge >= 0.3 is 0 Å². The molecule has 3 N–H and O–H groups in total. The molecule has 1 atom stereocenters. The van der Waals surface area contributed by atoms with E-state index < -0.39 is 0 Å². The van der Waals surface area contributed by atoms with E-state index in [1.807, 2.05) is 0 Å². The van der Waals surface area contributed by atoms with Crippen molar-refractivity contribution in [2.75, 3.05) is 19.7 Å². The smallest absolute Gasteiger partial charge is 0.221 e. The van der Waals surface area contributed by atoms with Crippen molar-refractivity contribution in [1.29, 1.82) is 0 Å². The van der Waals surface area contributed by atoms with Gasteiger partial charge in [0, 0.05) is 26.1 Å². The van der Waals surface area contributed by atoms with Crippen molar-refractivity contribution in [1.82, 2.24) is 5.32 Å². The van der Waals surface area contributed by atoms with Crippen molar-refractivity contribution in [2.24, 2.45) is 5.73 Å². The molecule has 0 radical (unpaired) electrons. The standard InChI is InChI=1S/C8H16N2O2.ClH/c9-4-3-8(11)10-6-7-2-1-5-12-7;/h7H,1-6,9H2,(H,10,11);1H. The highest BCUT2D eigenvalue weighted by atomic mass is 35.5. The summed E-state index contributed by atoms with van der Waals surface area (Å²) >= 11 is 0. The van der Waals surface area contributed by atoms with Crippen LogP contribution in [-0.4, -0.2) is 31.7 Å². The number of ether oxygens (including phenoxy) is 1. The number of nitrogens with one attached hydrogen (secondary N) is 1. The van der Waals surface area contributed by atoms with E-state index in [1.54, 1.807) is 0 Å². The topological polar surface area (TPSA) is 64.4 Å². The van der Waals surface area contributed by atoms with Gasteiger partial charge in [0.2, 0.25) is 5.91 Å². The minimum atomic E-state index is 0. The quantitative estimate of drug-likeness (QED) is 0.687. The first-order valence-electron chi connectivity index (χ1n) is 4.41. The Morgan fingerprint density at radius 1 is 1.62 bits per heavy atom. The first-order valence-corrected chi connectivity index (χ1v) is 4.41. The third-order valence-corrected chi connectivity index (χ3v) is 1.92. The molecule has 4 nitrogen and oxygen atoms in total. The molecular weight excluding hydrogens is 192 g/mol. The fourth-order valence-corrected chi connectivity index (χ4v) is 1.25. The van der Waals surface area contributed by atoms with Crippen LogP contribution in [-0.2, 0) is 9.53 Å². The van der Waals surface area contributed by atoms with E-state index in [2.05, 4.69) is 5.32 Å². The average Bonchev–Trinajstić information content (AvgIpc) is 2.53. The molecule has 0 saturated carbocycles. The molecule has 1 heterocycles. The van der Waals surface area contributed by atoms with Crippen LogP contribution in [0.25, 0.3) is 0 Å². The molecule has 5 heteroatoms. The van der Waals surface area contributed by atoms with E-state index in [4.69, 9.17) is 10.5 Å². The number of nitrogens with two attached hydrogens (primary N) is 1. The predicted molar refractivity (Wildman–Crippen MR) is 52.9 cm³/mol. The highest BCUT2D eigenvalue weighted by Gasteiger charge is 2.15. The Labute approximate surface area is 84.6 Å². The van der Waals surface area contributed by atoms with E-state index in [0.29, 0.717) is 19.5 Å². The fourth-order valence-electron chi connectivity index (χ4n) is 1.25. The largest absolute Gasteiger partial charge is 0.376 e. The number of hydrogen-bond acceptors (Lipinski definition) is 3. The zero-order valence-corrected chi connectivity index (χ0v) is 8.44. The molecule has 1 saturated heterocycles. The first kappa shape index (κ1) is 12.7. The zero-order valence-electron chi connectivity index (χ0n) is 7.62. The number of carbonyl (C=O) groups excluding carboxylic acids is 1. The Kier molecular flexibility index (Phi) is 6.94. The van der Waals surface area contributed by atoms with Gasteiger partial charge in [0.1, 0.15) is 0 Å². The Morgan fingerprint density at radius 2 is 2.38 bits per heavy atom. The minimum Gasteiger partial charge on any atom is -0.376 e. The molecule has 1 aliphatic heterocycles. The van der Waals surface area contributed by atoms with Gasteiger partial charge in [0.15, 0.2) is 0 Å². The van der Waals surface area contributed by atoms with Crippen molar-refractivity contribution in [3.63, 3.8) is 0 Å². The Morgan fingerprint density at radius 3 is 2.92 bits per heavy atom. The van der Waals surface area contributed by atoms with Gasteiger partial charge in [-0.25, -0.2) is 0 Å². The lowest BCUT2D eigenvalue weighted by molar-refractivity contribution is -0.121. The lowest BCUT2D eigenvalue weighted by Crippen LogP contribution is -2.32. The van der Waals surface area contributed by atoms with Crippen molar-refractivity contribution < 1.29 is 9.53 Å². The van der Waals surface area contributed by atoms with Crippen LogP contribution in [0.2, 0.25) is 0 Å². The number of hydrogen-bond donors (Lipinski definition) is 2. The zero-order chi connectivity index (χ0) is 8.81. The Hall–Kier alpha value is -0.320. The number of rotatable bonds is 4. The third kappa shape index (κ3) is 5.08. The van der Waals surface area contributed by atoms with Crippen LogP contribution in [0.5, 0.6) is 0 Å². The van der Waals surface area contributed by atoms with Crippen LogP contribution >= 0.6 is 12.4 Å². The molecule has 0 bridgehead atoms. The summed E-state index contributed by atoms with van der Waals surface area (Å²) in [7, 11) is 0. The maximum Gasteiger partial charge on any atom is 0.221 e. The van der Waals surface area contributed by atoms with Crippen molar-refractivity contribution in [3.05, 3.63) is 0 Å². The number of halogens is 1. The SMILES string of the molecule is Cl.NCCC(=O)NCC1CCCO1. The summed E-state index contributed by atoms with van der Waals surface area (Å²) in [4.78, 5) is 11.0. The fraction of sp³-hybridized carbons (Fsp3) is 0.875. The molecule has 1 amide bonds. The van der Waals surface area contributed by atoms with Crippen molar-refractivity contribution >= 4 is 18.3 Å². The predicted octanol–water partition coefficient (Wildman–Crippen LogP) is 0.0522. The molecule has 1 aliphatic rings. The summed E-state index contributed by atoms with van der Waals surface area (Å²) < 4.78 is 5.34. The van der Waals surface area contributed by atoms with Crippen LogP contribution in [0, 0.1) is 0 Å². The molecule has 0 spiro atoms. The Bertz CT molecular complexity index is 149. The molecule has 1 fully saturated rings. The molecule has 0 aromatic rings. The van der Waals surface area contributed by atoms with E-state index >= 15 is 0 Å². The van der Waals surface area contributed by atoms with Gasteiger partial charge < -0.3 is 15.8 Å². The molecule has 0 aromatic carbocycles. The van der Waals surface area contributed by atoms with E-state index in [-0.39, 0.29) is 24.4 Å². The van der Waals surface area contributed by atoms with Gasteiger partial charge in [0.25, 0.3) is 0 Å².